The van der Waals surface area contributed by atoms with Gasteiger partial charge in [-0.2, -0.15) is 0 Å². The summed E-state index contributed by atoms with van der Waals surface area (Å²) in [5.74, 6) is -0.898. The van der Waals surface area contributed by atoms with E-state index in [0.29, 0.717) is 11.3 Å². The van der Waals surface area contributed by atoms with Gasteiger partial charge in [0.1, 0.15) is 0 Å². The summed E-state index contributed by atoms with van der Waals surface area (Å²) in [4.78, 5) is 14.9. The smallest absolute Gasteiger partial charge is 0.337 e. The van der Waals surface area contributed by atoms with E-state index in [9.17, 15) is 4.79 Å². The summed E-state index contributed by atoms with van der Waals surface area (Å²) >= 11 is 4.94. The van der Waals surface area contributed by atoms with Crippen molar-refractivity contribution >= 4 is 33.2 Å². The maximum absolute atomic E-state index is 10.8. The number of rotatable bonds is 2. The van der Waals surface area contributed by atoms with Gasteiger partial charge in [-0.25, -0.2) is 4.79 Å². The van der Waals surface area contributed by atoms with Crippen LogP contribution in [0, 0.1) is 6.92 Å². The number of hydrogen-bond donors (Lipinski definition) is 2. The number of carboxylic acid groups (broad SMARTS) is 1. The standard InChI is InChI=1S/C10H8BrNO2S/c1-5-6(10(13)14)4-7(12-5)8-2-3-9(11)15-8/h2-4,12H,1H3,(H,13,14). The average molecular weight is 286 g/mol. The number of thiophene rings is 1. The van der Waals surface area contributed by atoms with Gasteiger partial charge >= 0.3 is 5.97 Å². The minimum Gasteiger partial charge on any atom is -0.478 e. The number of aryl methyl sites for hydroxylation is 1. The number of carboxylic acids is 1. The van der Waals surface area contributed by atoms with Crippen LogP contribution in [0.4, 0.5) is 0 Å². The van der Waals surface area contributed by atoms with Crippen LogP contribution in [0.1, 0.15) is 16.1 Å². The highest BCUT2D eigenvalue weighted by molar-refractivity contribution is 9.11. The van der Waals surface area contributed by atoms with Crippen molar-refractivity contribution in [1.29, 1.82) is 0 Å². The highest BCUT2D eigenvalue weighted by Gasteiger charge is 2.12. The molecule has 0 aliphatic carbocycles. The van der Waals surface area contributed by atoms with Crippen LogP contribution in [0.2, 0.25) is 0 Å². The van der Waals surface area contributed by atoms with Gasteiger partial charge in [0.25, 0.3) is 0 Å². The van der Waals surface area contributed by atoms with E-state index in [1.54, 1.807) is 24.3 Å². The molecule has 0 aromatic carbocycles. The lowest BCUT2D eigenvalue weighted by molar-refractivity contribution is 0.0696. The summed E-state index contributed by atoms with van der Waals surface area (Å²) in [6, 6.07) is 5.55. The maximum Gasteiger partial charge on any atom is 0.337 e. The largest absolute Gasteiger partial charge is 0.478 e. The average Bonchev–Trinajstić information content (AvgIpc) is 2.71. The lowest BCUT2D eigenvalue weighted by atomic mass is 10.2. The fourth-order valence-electron chi connectivity index (χ4n) is 1.37. The molecule has 78 valence electrons. The molecule has 2 rings (SSSR count). The number of aromatic amines is 1. The van der Waals surface area contributed by atoms with Crippen LogP contribution in [0.3, 0.4) is 0 Å². The quantitative estimate of drug-likeness (QED) is 0.887. The molecule has 0 aliphatic rings. The molecule has 0 atom stereocenters. The molecule has 5 heteroatoms. The highest BCUT2D eigenvalue weighted by atomic mass is 79.9. The van der Waals surface area contributed by atoms with E-state index in [1.165, 1.54) is 0 Å². The first-order chi connectivity index (χ1) is 7.08. The number of aromatic nitrogens is 1. The van der Waals surface area contributed by atoms with E-state index in [-0.39, 0.29) is 0 Å². The maximum atomic E-state index is 10.8. The van der Waals surface area contributed by atoms with Gasteiger partial charge < -0.3 is 10.1 Å². The third-order valence-corrected chi connectivity index (χ3v) is 3.74. The molecule has 0 unspecified atom stereocenters. The molecular weight excluding hydrogens is 278 g/mol. The first-order valence-corrected chi connectivity index (χ1v) is 5.87. The first kappa shape index (κ1) is 10.4. The van der Waals surface area contributed by atoms with Gasteiger partial charge in [-0.1, -0.05) is 0 Å². The van der Waals surface area contributed by atoms with Crippen molar-refractivity contribution in [1.82, 2.24) is 4.98 Å². The number of nitrogens with one attached hydrogen (secondary N) is 1. The third-order valence-electron chi connectivity index (χ3n) is 2.08. The number of hydrogen-bond acceptors (Lipinski definition) is 2. The molecule has 0 saturated heterocycles. The van der Waals surface area contributed by atoms with Gasteiger partial charge in [0, 0.05) is 5.69 Å². The Morgan fingerprint density at radius 1 is 1.53 bits per heavy atom. The van der Waals surface area contributed by atoms with E-state index in [1.807, 2.05) is 12.1 Å². The molecule has 2 N–H and O–H groups in total. The van der Waals surface area contributed by atoms with Crippen molar-refractivity contribution in [3.63, 3.8) is 0 Å². The highest BCUT2D eigenvalue weighted by Crippen LogP contribution is 2.31. The third kappa shape index (κ3) is 1.98. The number of H-pyrrole nitrogens is 1. The Morgan fingerprint density at radius 2 is 2.27 bits per heavy atom. The van der Waals surface area contributed by atoms with Gasteiger partial charge in [0.2, 0.25) is 0 Å². The van der Waals surface area contributed by atoms with E-state index < -0.39 is 5.97 Å². The Hall–Kier alpha value is -1.07. The Labute approximate surface area is 98.9 Å². The van der Waals surface area contributed by atoms with Crippen LogP contribution >= 0.6 is 27.3 Å². The topological polar surface area (TPSA) is 53.1 Å². The second kappa shape index (κ2) is 3.83. The van der Waals surface area contributed by atoms with E-state index in [4.69, 9.17) is 5.11 Å². The van der Waals surface area contributed by atoms with Crippen molar-refractivity contribution in [3.8, 4) is 10.6 Å². The van der Waals surface area contributed by atoms with Crippen molar-refractivity contribution in [2.24, 2.45) is 0 Å². The molecule has 0 aliphatic heterocycles. The summed E-state index contributed by atoms with van der Waals surface area (Å²) in [6.45, 7) is 1.76. The van der Waals surface area contributed by atoms with Crippen molar-refractivity contribution < 1.29 is 9.90 Å². The Bertz CT molecular complexity index is 515. The van der Waals surface area contributed by atoms with Gasteiger partial charge in [-0.05, 0) is 41.1 Å². The molecule has 0 bridgehead atoms. The van der Waals surface area contributed by atoms with Gasteiger partial charge in [-0.15, -0.1) is 11.3 Å². The summed E-state index contributed by atoms with van der Waals surface area (Å²) in [5.41, 5.74) is 1.86. The van der Waals surface area contributed by atoms with Gasteiger partial charge in [0.15, 0.2) is 0 Å². The lowest BCUT2D eigenvalue weighted by Crippen LogP contribution is -1.95. The number of halogens is 1. The van der Waals surface area contributed by atoms with Gasteiger partial charge in [0.05, 0.1) is 19.9 Å². The molecule has 0 fully saturated rings. The van der Waals surface area contributed by atoms with Crippen LogP contribution < -0.4 is 0 Å². The summed E-state index contributed by atoms with van der Waals surface area (Å²) in [7, 11) is 0. The van der Waals surface area contributed by atoms with Crippen molar-refractivity contribution in [2.45, 2.75) is 6.92 Å². The zero-order valence-electron chi connectivity index (χ0n) is 7.87. The Balaban J connectivity index is 2.46. The zero-order valence-corrected chi connectivity index (χ0v) is 10.3. The molecule has 3 nitrogen and oxygen atoms in total. The predicted molar refractivity (Wildman–Crippen MR) is 63.5 cm³/mol. The van der Waals surface area contributed by atoms with Crippen LogP contribution in [0.15, 0.2) is 22.0 Å². The molecule has 2 aromatic rings. The molecule has 0 amide bonds. The molecule has 0 radical (unpaired) electrons. The fraction of sp³-hybridized carbons (Fsp3) is 0.100. The fourth-order valence-corrected chi connectivity index (χ4v) is 2.73. The van der Waals surface area contributed by atoms with Crippen molar-refractivity contribution in [3.05, 3.63) is 33.2 Å². The minimum absolute atomic E-state index is 0.328. The normalized spacial score (nSPS) is 10.5. The second-order valence-electron chi connectivity index (χ2n) is 3.13. The number of aromatic carboxylic acids is 1. The second-order valence-corrected chi connectivity index (χ2v) is 5.59. The minimum atomic E-state index is -0.898. The van der Waals surface area contributed by atoms with Gasteiger partial charge in [-0.3, -0.25) is 0 Å². The predicted octanol–water partition coefficient (Wildman–Crippen LogP) is 3.51. The summed E-state index contributed by atoms with van der Waals surface area (Å²) in [5, 5.41) is 8.91. The molecule has 2 aromatic heterocycles. The van der Waals surface area contributed by atoms with E-state index in [0.717, 1.165) is 14.4 Å². The Kier molecular flexibility index (Phi) is 2.67. The van der Waals surface area contributed by atoms with Crippen LogP contribution in [0.5, 0.6) is 0 Å². The Morgan fingerprint density at radius 3 is 2.73 bits per heavy atom. The molecule has 15 heavy (non-hydrogen) atoms. The van der Waals surface area contributed by atoms with Crippen molar-refractivity contribution in [2.75, 3.05) is 0 Å². The van der Waals surface area contributed by atoms with E-state index in [2.05, 4.69) is 20.9 Å². The number of carbonyl (C=O) groups is 1. The molecule has 0 spiro atoms. The monoisotopic (exact) mass is 285 g/mol. The van der Waals surface area contributed by atoms with Crippen LogP contribution in [-0.2, 0) is 0 Å². The summed E-state index contributed by atoms with van der Waals surface area (Å²) < 4.78 is 1.03. The van der Waals surface area contributed by atoms with Crippen LogP contribution in [-0.4, -0.2) is 16.1 Å². The molecule has 0 saturated carbocycles. The zero-order chi connectivity index (χ0) is 11.0. The molecular formula is C10H8BrNO2S. The summed E-state index contributed by atoms with van der Waals surface area (Å²) in [6.07, 6.45) is 0. The SMILES string of the molecule is Cc1[nH]c(-c2ccc(Br)s2)cc1C(=O)O. The molecule has 2 heterocycles. The lowest BCUT2D eigenvalue weighted by Gasteiger charge is -1.89. The first-order valence-electron chi connectivity index (χ1n) is 4.26. The van der Waals surface area contributed by atoms with E-state index >= 15 is 0 Å². The van der Waals surface area contributed by atoms with Crippen LogP contribution in [0.25, 0.3) is 10.6 Å².